The van der Waals surface area contributed by atoms with Crippen LogP contribution in [0.15, 0.2) is 28.3 Å². The van der Waals surface area contributed by atoms with Crippen molar-refractivity contribution in [1.82, 2.24) is 19.9 Å². The maximum atomic E-state index is 12.5. The molecule has 3 heterocycles. The van der Waals surface area contributed by atoms with Gasteiger partial charge in [0.2, 0.25) is 21.8 Å². The number of nitrogens with zero attached hydrogens (tertiary/aromatic N) is 2. The molecular formula is C17H24N4O4S2. The number of hydrogen-bond donors (Lipinski definition) is 2. The lowest BCUT2D eigenvalue weighted by Crippen LogP contribution is -2.46. The average molecular weight is 413 g/mol. The zero-order valence-electron chi connectivity index (χ0n) is 15.0. The SMILES string of the molecule is O=C(CSc1ccc(S(=O)(=O)N2CCCC2)cn1)NC1CCCCNC1=O. The molecule has 27 heavy (non-hydrogen) atoms. The minimum absolute atomic E-state index is 0.120. The van der Waals surface area contributed by atoms with Crippen molar-refractivity contribution in [3.05, 3.63) is 18.3 Å². The van der Waals surface area contributed by atoms with E-state index in [9.17, 15) is 18.0 Å². The van der Waals surface area contributed by atoms with Crippen molar-refractivity contribution in [2.75, 3.05) is 25.4 Å². The van der Waals surface area contributed by atoms with Gasteiger partial charge in [-0.3, -0.25) is 9.59 Å². The summed E-state index contributed by atoms with van der Waals surface area (Å²) in [5.74, 6) is -0.257. The van der Waals surface area contributed by atoms with Crippen molar-refractivity contribution in [1.29, 1.82) is 0 Å². The van der Waals surface area contributed by atoms with Gasteiger partial charge in [-0.1, -0.05) is 11.8 Å². The van der Waals surface area contributed by atoms with E-state index in [1.54, 1.807) is 6.07 Å². The largest absolute Gasteiger partial charge is 0.354 e. The second-order valence-corrected chi connectivity index (χ2v) is 9.57. The smallest absolute Gasteiger partial charge is 0.244 e. The lowest BCUT2D eigenvalue weighted by Gasteiger charge is -2.15. The van der Waals surface area contributed by atoms with Crippen molar-refractivity contribution in [2.24, 2.45) is 0 Å². The molecule has 2 aliphatic rings. The normalized spacial score (nSPS) is 21.5. The van der Waals surface area contributed by atoms with Gasteiger partial charge >= 0.3 is 0 Å². The maximum absolute atomic E-state index is 12.5. The van der Waals surface area contributed by atoms with E-state index in [1.165, 1.54) is 28.3 Å². The van der Waals surface area contributed by atoms with Crippen LogP contribution in [0, 0.1) is 0 Å². The molecule has 2 N–H and O–H groups in total. The summed E-state index contributed by atoms with van der Waals surface area (Å²) in [6.45, 7) is 1.75. The third-order valence-corrected chi connectivity index (χ3v) is 7.46. The molecule has 2 fully saturated rings. The second-order valence-electron chi connectivity index (χ2n) is 6.64. The van der Waals surface area contributed by atoms with Crippen LogP contribution in [-0.4, -0.2) is 61.0 Å². The first-order chi connectivity index (χ1) is 13.0. The Labute approximate surface area is 163 Å². The van der Waals surface area contributed by atoms with Gasteiger partial charge in [-0.2, -0.15) is 4.31 Å². The maximum Gasteiger partial charge on any atom is 0.244 e. The zero-order chi connectivity index (χ0) is 19.3. The molecule has 0 saturated carbocycles. The van der Waals surface area contributed by atoms with E-state index in [1.807, 2.05) is 0 Å². The molecule has 1 aromatic rings. The molecule has 1 unspecified atom stereocenters. The van der Waals surface area contributed by atoms with Crippen LogP contribution in [0.1, 0.15) is 32.1 Å². The number of carbonyl (C=O) groups is 2. The number of rotatable bonds is 6. The summed E-state index contributed by atoms with van der Waals surface area (Å²) >= 11 is 1.21. The van der Waals surface area contributed by atoms with Gasteiger partial charge in [0.25, 0.3) is 0 Å². The Morgan fingerprint density at radius 2 is 2.04 bits per heavy atom. The quantitative estimate of drug-likeness (QED) is 0.667. The summed E-state index contributed by atoms with van der Waals surface area (Å²) in [4.78, 5) is 28.3. The van der Waals surface area contributed by atoms with E-state index in [0.29, 0.717) is 31.1 Å². The van der Waals surface area contributed by atoms with Gasteiger partial charge in [-0.05, 0) is 44.2 Å². The van der Waals surface area contributed by atoms with Crippen molar-refractivity contribution in [3.63, 3.8) is 0 Å². The first-order valence-electron chi connectivity index (χ1n) is 9.13. The lowest BCUT2D eigenvalue weighted by molar-refractivity contribution is -0.127. The number of sulfonamides is 1. The number of pyridine rings is 1. The average Bonchev–Trinajstić information content (AvgIpc) is 3.14. The van der Waals surface area contributed by atoms with Crippen LogP contribution in [0.25, 0.3) is 0 Å². The zero-order valence-corrected chi connectivity index (χ0v) is 16.7. The number of amides is 2. The summed E-state index contributed by atoms with van der Waals surface area (Å²) in [6, 6.07) is 2.65. The molecule has 8 nitrogen and oxygen atoms in total. The second kappa shape index (κ2) is 9.03. The number of thioether (sulfide) groups is 1. The summed E-state index contributed by atoms with van der Waals surface area (Å²) in [5, 5.41) is 6.10. The monoisotopic (exact) mass is 412 g/mol. The molecule has 0 aliphatic carbocycles. The van der Waals surface area contributed by atoms with Crippen LogP contribution < -0.4 is 10.6 Å². The third kappa shape index (κ3) is 5.20. The van der Waals surface area contributed by atoms with Crippen LogP contribution in [0.4, 0.5) is 0 Å². The molecule has 2 amide bonds. The van der Waals surface area contributed by atoms with Gasteiger partial charge in [0, 0.05) is 25.8 Å². The molecule has 0 bridgehead atoms. The van der Waals surface area contributed by atoms with Crippen molar-refractivity contribution >= 4 is 33.6 Å². The Bertz CT molecular complexity index is 777. The molecule has 2 saturated heterocycles. The molecule has 3 rings (SSSR count). The summed E-state index contributed by atoms with van der Waals surface area (Å²) in [6.07, 6.45) is 5.56. The van der Waals surface area contributed by atoms with E-state index in [0.717, 1.165) is 25.7 Å². The number of aromatic nitrogens is 1. The number of hydrogen-bond acceptors (Lipinski definition) is 6. The van der Waals surface area contributed by atoms with Gasteiger partial charge in [0.15, 0.2) is 0 Å². The fourth-order valence-electron chi connectivity index (χ4n) is 3.13. The van der Waals surface area contributed by atoms with Gasteiger partial charge in [0.1, 0.15) is 10.9 Å². The van der Waals surface area contributed by atoms with Gasteiger partial charge in [-0.25, -0.2) is 13.4 Å². The highest BCUT2D eigenvalue weighted by molar-refractivity contribution is 7.99. The molecule has 2 aliphatic heterocycles. The van der Waals surface area contributed by atoms with E-state index < -0.39 is 16.1 Å². The number of carbonyl (C=O) groups excluding carboxylic acids is 2. The molecule has 0 spiro atoms. The number of nitrogens with one attached hydrogen (secondary N) is 2. The van der Waals surface area contributed by atoms with E-state index in [2.05, 4.69) is 15.6 Å². The highest BCUT2D eigenvalue weighted by Gasteiger charge is 2.27. The Kier molecular flexibility index (Phi) is 6.72. The van der Waals surface area contributed by atoms with E-state index >= 15 is 0 Å². The third-order valence-electron chi connectivity index (χ3n) is 4.63. The molecule has 10 heteroatoms. The van der Waals surface area contributed by atoms with Crippen LogP contribution >= 0.6 is 11.8 Å². The Morgan fingerprint density at radius 1 is 1.26 bits per heavy atom. The van der Waals surface area contributed by atoms with Crippen LogP contribution in [0.5, 0.6) is 0 Å². The fraction of sp³-hybridized carbons (Fsp3) is 0.588. The first-order valence-corrected chi connectivity index (χ1v) is 11.6. The predicted octanol–water partition coefficient (Wildman–Crippen LogP) is 0.743. The highest BCUT2D eigenvalue weighted by Crippen LogP contribution is 2.22. The Morgan fingerprint density at radius 3 is 2.74 bits per heavy atom. The van der Waals surface area contributed by atoms with Gasteiger partial charge < -0.3 is 10.6 Å². The van der Waals surface area contributed by atoms with Crippen LogP contribution in [-0.2, 0) is 19.6 Å². The van der Waals surface area contributed by atoms with Crippen LogP contribution in [0.2, 0.25) is 0 Å². The Hall–Kier alpha value is -1.65. The molecule has 0 aromatic carbocycles. The van der Waals surface area contributed by atoms with Crippen molar-refractivity contribution < 1.29 is 18.0 Å². The Balaban J connectivity index is 1.52. The van der Waals surface area contributed by atoms with E-state index in [4.69, 9.17) is 0 Å². The van der Waals surface area contributed by atoms with Crippen molar-refractivity contribution in [2.45, 2.75) is 48.1 Å². The predicted molar refractivity (Wildman–Crippen MR) is 102 cm³/mol. The molecule has 1 aromatic heterocycles. The summed E-state index contributed by atoms with van der Waals surface area (Å²) < 4.78 is 26.4. The minimum Gasteiger partial charge on any atom is -0.354 e. The van der Waals surface area contributed by atoms with E-state index in [-0.39, 0.29) is 22.5 Å². The highest BCUT2D eigenvalue weighted by atomic mass is 32.2. The topological polar surface area (TPSA) is 108 Å². The molecular weight excluding hydrogens is 388 g/mol. The molecule has 148 valence electrons. The fourth-order valence-corrected chi connectivity index (χ4v) is 5.25. The standard InChI is InChI=1S/C17H24N4O4S2/c22-15(20-14-5-1-2-8-18-17(14)23)12-26-16-7-6-13(11-19-16)27(24,25)21-9-3-4-10-21/h6-7,11,14H,1-5,8-10,12H2,(H,18,23)(H,20,22). The van der Waals surface area contributed by atoms with Crippen LogP contribution in [0.3, 0.4) is 0 Å². The minimum atomic E-state index is -3.48. The lowest BCUT2D eigenvalue weighted by atomic mass is 10.1. The van der Waals surface area contributed by atoms with Gasteiger partial charge in [-0.15, -0.1) is 0 Å². The summed E-state index contributed by atoms with van der Waals surface area (Å²) in [5.41, 5.74) is 0. The first kappa shape index (κ1) is 20.1. The van der Waals surface area contributed by atoms with Crippen molar-refractivity contribution in [3.8, 4) is 0 Å². The molecule has 0 radical (unpaired) electrons. The molecule has 1 atom stereocenters. The summed E-state index contributed by atoms with van der Waals surface area (Å²) in [7, 11) is -3.48. The van der Waals surface area contributed by atoms with Gasteiger partial charge in [0.05, 0.1) is 10.8 Å².